The Morgan fingerprint density at radius 2 is 2.06 bits per heavy atom. The maximum absolute atomic E-state index is 11.1. The number of aromatic nitrogens is 1. The molecule has 3 nitrogen and oxygen atoms in total. The van der Waals surface area contributed by atoms with E-state index >= 15 is 0 Å². The van der Waals surface area contributed by atoms with Gasteiger partial charge in [-0.15, -0.1) is 0 Å². The van der Waals surface area contributed by atoms with Crippen molar-refractivity contribution < 1.29 is 4.42 Å². The highest BCUT2D eigenvalue weighted by atomic mass is 79.9. The largest absolute Gasteiger partial charge is 0.417 e. The van der Waals surface area contributed by atoms with Gasteiger partial charge in [0.25, 0.3) is 0 Å². The molecular weight excluding hydrogens is 294 g/mol. The van der Waals surface area contributed by atoms with E-state index in [1.807, 2.05) is 12.1 Å². The van der Waals surface area contributed by atoms with Crippen molar-refractivity contribution in [1.82, 2.24) is 4.98 Å². The fourth-order valence-corrected chi connectivity index (χ4v) is 3.65. The molecule has 1 aliphatic rings. The van der Waals surface area contributed by atoms with Crippen LogP contribution in [0.2, 0.25) is 0 Å². The lowest BCUT2D eigenvalue weighted by Gasteiger charge is -2.26. The molecule has 3 rings (SSSR count). The third-order valence-electron chi connectivity index (χ3n) is 3.83. The lowest BCUT2D eigenvalue weighted by atomic mass is 9.85. The molecular formula is C14H16BrNO2. The van der Waals surface area contributed by atoms with Crippen LogP contribution in [-0.4, -0.2) is 4.98 Å². The van der Waals surface area contributed by atoms with Crippen LogP contribution in [0.5, 0.6) is 0 Å². The number of oxazole rings is 1. The van der Waals surface area contributed by atoms with E-state index in [1.165, 1.54) is 37.7 Å². The number of hydrogen-bond acceptors (Lipinski definition) is 2. The molecule has 0 amide bonds. The number of aromatic amines is 1. The number of alkyl halides is 1. The summed E-state index contributed by atoms with van der Waals surface area (Å²) >= 11 is 3.81. The van der Waals surface area contributed by atoms with E-state index in [9.17, 15) is 4.79 Å². The van der Waals surface area contributed by atoms with Crippen molar-refractivity contribution in [2.24, 2.45) is 5.92 Å². The smallest absolute Gasteiger partial charge is 0.408 e. The SMILES string of the molecule is O=c1[nH]c2ccc(C(Br)C3CCCCC3)cc2o1. The van der Waals surface area contributed by atoms with Gasteiger partial charge in [0, 0.05) is 4.83 Å². The normalized spacial score (nSPS) is 19.2. The van der Waals surface area contributed by atoms with Crippen molar-refractivity contribution in [2.75, 3.05) is 0 Å². The summed E-state index contributed by atoms with van der Waals surface area (Å²) in [5.41, 5.74) is 2.63. The van der Waals surface area contributed by atoms with Crippen molar-refractivity contribution in [1.29, 1.82) is 0 Å². The Kier molecular flexibility index (Phi) is 3.29. The third-order valence-corrected chi connectivity index (χ3v) is 5.10. The van der Waals surface area contributed by atoms with E-state index in [1.54, 1.807) is 0 Å². The molecule has 1 aromatic carbocycles. The van der Waals surface area contributed by atoms with Crippen LogP contribution in [0.15, 0.2) is 27.4 Å². The molecule has 1 unspecified atom stereocenters. The lowest BCUT2D eigenvalue weighted by Crippen LogP contribution is -2.11. The third kappa shape index (κ3) is 2.26. The van der Waals surface area contributed by atoms with Gasteiger partial charge in [0.1, 0.15) is 0 Å². The summed E-state index contributed by atoms with van der Waals surface area (Å²) < 4.78 is 5.11. The van der Waals surface area contributed by atoms with Gasteiger partial charge in [0.2, 0.25) is 0 Å². The zero-order valence-corrected chi connectivity index (χ0v) is 11.7. The summed E-state index contributed by atoms with van der Waals surface area (Å²) in [4.78, 5) is 14.2. The highest BCUT2D eigenvalue weighted by Crippen LogP contribution is 2.40. The standard InChI is InChI=1S/C14H16BrNO2/c15-13(9-4-2-1-3-5-9)10-6-7-11-12(8-10)18-14(17)16-11/h6-9,13H,1-5H2,(H,16,17). The highest BCUT2D eigenvalue weighted by Gasteiger charge is 2.23. The highest BCUT2D eigenvalue weighted by molar-refractivity contribution is 9.09. The maximum Gasteiger partial charge on any atom is 0.417 e. The van der Waals surface area contributed by atoms with Crippen LogP contribution < -0.4 is 5.76 Å². The van der Waals surface area contributed by atoms with Gasteiger partial charge < -0.3 is 4.42 Å². The molecule has 1 aliphatic carbocycles. The average Bonchev–Trinajstić information content (AvgIpc) is 2.78. The van der Waals surface area contributed by atoms with Gasteiger partial charge in [0.05, 0.1) is 5.52 Å². The Balaban J connectivity index is 1.90. The number of benzene rings is 1. The molecule has 1 aromatic heterocycles. The second kappa shape index (κ2) is 4.92. The molecule has 2 aromatic rings. The van der Waals surface area contributed by atoms with E-state index in [0.717, 1.165) is 5.52 Å². The van der Waals surface area contributed by atoms with Crippen molar-refractivity contribution in [3.05, 3.63) is 34.3 Å². The topological polar surface area (TPSA) is 46.0 Å². The minimum Gasteiger partial charge on any atom is -0.408 e. The molecule has 1 N–H and O–H groups in total. The van der Waals surface area contributed by atoms with Crippen molar-refractivity contribution in [3.8, 4) is 0 Å². The van der Waals surface area contributed by atoms with Gasteiger partial charge in [-0.3, -0.25) is 4.98 Å². The number of rotatable bonds is 2. The molecule has 18 heavy (non-hydrogen) atoms. The van der Waals surface area contributed by atoms with Gasteiger partial charge in [-0.25, -0.2) is 4.79 Å². The van der Waals surface area contributed by atoms with Gasteiger partial charge in [0.15, 0.2) is 5.58 Å². The molecule has 0 saturated heterocycles. The Morgan fingerprint density at radius 1 is 1.28 bits per heavy atom. The first-order chi connectivity index (χ1) is 8.74. The van der Waals surface area contributed by atoms with E-state index < -0.39 is 0 Å². The van der Waals surface area contributed by atoms with Gasteiger partial charge in [-0.1, -0.05) is 41.3 Å². The predicted molar refractivity (Wildman–Crippen MR) is 75.1 cm³/mol. The second-order valence-electron chi connectivity index (χ2n) is 5.07. The number of fused-ring (bicyclic) bond motifs is 1. The molecule has 0 spiro atoms. The first kappa shape index (κ1) is 12.0. The molecule has 1 fully saturated rings. The zero-order chi connectivity index (χ0) is 12.5. The molecule has 0 aliphatic heterocycles. The summed E-state index contributed by atoms with van der Waals surface area (Å²) in [6, 6.07) is 5.97. The number of nitrogens with one attached hydrogen (secondary N) is 1. The van der Waals surface area contributed by atoms with Crippen LogP contribution >= 0.6 is 15.9 Å². The summed E-state index contributed by atoms with van der Waals surface area (Å²) in [5.74, 6) is 0.313. The van der Waals surface area contributed by atoms with E-state index in [0.29, 0.717) is 16.3 Å². The van der Waals surface area contributed by atoms with Crippen LogP contribution in [0.4, 0.5) is 0 Å². The molecule has 1 atom stereocenters. The molecule has 1 heterocycles. The van der Waals surface area contributed by atoms with E-state index in [4.69, 9.17) is 4.42 Å². The Morgan fingerprint density at radius 3 is 2.83 bits per heavy atom. The van der Waals surface area contributed by atoms with Crippen LogP contribution in [-0.2, 0) is 0 Å². The van der Waals surface area contributed by atoms with Crippen LogP contribution in [0.1, 0.15) is 42.5 Å². The maximum atomic E-state index is 11.1. The molecule has 1 saturated carbocycles. The minimum absolute atomic E-state index is 0.363. The number of halogens is 1. The van der Waals surface area contributed by atoms with Gasteiger partial charge in [-0.2, -0.15) is 0 Å². The van der Waals surface area contributed by atoms with Gasteiger partial charge >= 0.3 is 5.76 Å². The quantitative estimate of drug-likeness (QED) is 0.847. The first-order valence-electron chi connectivity index (χ1n) is 6.51. The lowest BCUT2D eigenvalue weighted by molar-refractivity contribution is 0.354. The summed E-state index contributed by atoms with van der Waals surface area (Å²) in [6.45, 7) is 0. The summed E-state index contributed by atoms with van der Waals surface area (Å²) in [6.07, 6.45) is 6.58. The first-order valence-corrected chi connectivity index (χ1v) is 7.42. The van der Waals surface area contributed by atoms with Crippen LogP contribution in [0.3, 0.4) is 0 Å². The van der Waals surface area contributed by atoms with Crippen LogP contribution in [0.25, 0.3) is 11.1 Å². The molecule has 4 heteroatoms. The fraction of sp³-hybridized carbons (Fsp3) is 0.500. The average molecular weight is 310 g/mol. The van der Waals surface area contributed by atoms with Crippen molar-refractivity contribution >= 4 is 27.0 Å². The van der Waals surface area contributed by atoms with Crippen molar-refractivity contribution in [2.45, 2.75) is 36.9 Å². The van der Waals surface area contributed by atoms with Crippen molar-refractivity contribution in [3.63, 3.8) is 0 Å². The summed E-state index contributed by atoms with van der Waals surface area (Å²) in [5, 5.41) is 0. The molecule has 0 radical (unpaired) electrons. The van der Waals surface area contributed by atoms with Gasteiger partial charge in [-0.05, 0) is 36.5 Å². The molecule has 0 bridgehead atoms. The second-order valence-corrected chi connectivity index (χ2v) is 6.06. The molecule has 96 valence electrons. The summed E-state index contributed by atoms with van der Waals surface area (Å²) in [7, 11) is 0. The van der Waals surface area contributed by atoms with E-state index in [2.05, 4.69) is 27.0 Å². The zero-order valence-electron chi connectivity index (χ0n) is 10.1. The number of H-pyrrole nitrogens is 1. The fourth-order valence-electron chi connectivity index (χ4n) is 2.83. The number of hydrogen-bond donors (Lipinski definition) is 1. The Bertz CT molecular complexity index is 595. The predicted octanol–water partition coefficient (Wildman–Crippen LogP) is 4.14. The Hall–Kier alpha value is -1.03. The monoisotopic (exact) mass is 309 g/mol. The minimum atomic E-state index is -0.383. The Labute approximate surface area is 114 Å². The van der Waals surface area contributed by atoms with Crippen LogP contribution in [0, 0.1) is 5.92 Å². The van der Waals surface area contributed by atoms with E-state index in [-0.39, 0.29) is 5.76 Å².